The average molecular weight is 382 g/mol. The number of benzene rings is 1. The first-order valence-electron chi connectivity index (χ1n) is 10.9. The third-order valence-electron chi connectivity index (χ3n) is 6.49. The van der Waals surface area contributed by atoms with E-state index in [0.29, 0.717) is 0 Å². The SMILES string of the molecule is Fc1ccc(CC[C@H]2CCCN(C3CCN(Cc4ccccn4)CC3)C2)cc1. The molecule has 0 unspecified atom stereocenters. The highest BCUT2D eigenvalue weighted by Gasteiger charge is 2.28. The maximum absolute atomic E-state index is 13.1. The van der Waals surface area contributed by atoms with Crippen molar-refractivity contribution in [1.29, 1.82) is 0 Å². The van der Waals surface area contributed by atoms with Gasteiger partial charge in [0.1, 0.15) is 5.82 Å². The molecule has 2 aliphatic rings. The van der Waals surface area contributed by atoms with Gasteiger partial charge in [0.05, 0.1) is 5.69 Å². The largest absolute Gasteiger partial charge is 0.300 e. The van der Waals surface area contributed by atoms with Gasteiger partial charge in [-0.2, -0.15) is 0 Å². The van der Waals surface area contributed by atoms with Gasteiger partial charge in [0.25, 0.3) is 0 Å². The molecule has 1 atom stereocenters. The monoisotopic (exact) mass is 381 g/mol. The first-order valence-corrected chi connectivity index (χ1v) is 10.9. The molecule has 4 heteroatoms. The van der Waals surface area contributed by atoms with E-state index >= 15 is 0 Å². The van der Waals surface area contributed by atoms with Crippen LogP contribution in [0.3, 0.4) is 0 Å². The number of pyridine rings is 1. The van der Waals surface area contributed by atoms with E-state index in [1.807, 2.05) is 24.4 Å². The van der Waals surface area contributed by atoms with Crippen molar-refractivity contribution >= 4 is 0 Å². The summed E-state index contributed by atoms with van der Waals surface area (Å²) in [6, 6.07) is 14.0. The Morgan fingerprint density at radius 3 is 2.54 bits per heavy atom. The van der Waals surface area contributed by atoms with Crippen LogP contribution in [0.1, 0.15) is 43.4 Å². The van der Waals surface area contributed by atoms with Crippen LogP contribution in [0.4, 0.5) is 4.39 Å². The molecular formula is C24H32FN3. The Balaban J connectivity index is 1.22. The van der Waals surface area contributed by atoms with E-state index in [-0.39, 0.29) is 5.82 Å². The topological polar surface area (TPSA) is 19.4 Å². The standard InChI is InChI=1S/C24H32FN3/c25-22-10-8-20(9-11-22)6-7-21-4-3-15-28(18-21)24-12-16-27(17-13-24)19-23-5-1-2-14-26-23/h1-2,5,8-11,14,21,24H,3-4,6-7,12-13,15-19H2/t21-/m1/s1. The smallest absolute Gasteiger partial charge is 0.123 e. The van der Waals surface area contributed by atoms with Gasteiger partial charge in [-0.05, 0) is 80.8 Å². The molecule has 2 saturated heterocycles. The van der Waals surface area contributed by atoms with Gasteiger partial charge in [0, 0.05) is 38.4 Å². The number of aryl methyl sites for hydroxylation is 1. The van der Waals surface area contributed by atoms with Crippen molar-refractivity contribution < 1.29 is 4.39 Å². The Bertz CT molecular complexity index is 710. The van der Waals surface area contributed by atoms with Crippen molar-refractivity contribution in [3.63, 3.8) is 0 Å². The summed E-state index contributed by atoms with van der Waals surface area (Å²) in [5.41, 5.74) is 2.45. The van der Waals surface area contributed by atoms with Crippen LogP contribution in [-0.4, -0.2) is 47.0 Å². The Morgan fingerprint density at radius 2 is 1.79 bits per heavy atom. The van der Waals surface area contributed by atoms with E-state index in [0.717, 1.165) is 24.9 Å². The molecule has 4 rings (SSSR count). The molecule has 0 radical (unpaired) electrons. The number of nitrogens with zero attached hydrogens (tertiary/aromatic N) is 3. The van der Waals surface area contributed by atoms with E-state index < -0.39 is 0 Å². The highest BCUT2D eigenvalue weighted by molar-refractivity contribution is 5.16. The van der Waals surface area contributed by atoms with Crippen molar-refractivity contribution in [2.45, 2.75) is 51.1 Å². The zero-order chi connectivity index (χ0) is 19.2. The van der Waals surface area contributed by atoms with Crippen molar-refractivity contribution in [1.82, 2.24) is 14.8 Å². The van der Waals surface area contributed by atoms with Gasteiger partial charge in [-0.25, -0.2) is 4.39 Å². The molecule has 0 N–H and O–H groups in total. The molecule has 1 aromatic heterocycles. The van der Waals surface area contributed by atoms with Crippen LogP contribution < -0.4 is 0 Å². The number of rotatable bonds is 6. The fourth-order valence-electron chi connectivity index (χ4n) is 4.85. The second-order valence-electron chi connectivity index (χ2n) is 8.50. The minimum atomic E-state index is -0.137. The molecule has 150 valence electrons. The molecule has 2 aromatic rings. The molecule has 0 bridgehead atoms. The van der Waals surface area contributed by atoms with Gasteiger partial charge in [-0.1, -0.05) is 18.2 Å². The van der Waals surface area contributed by atoms with Crippen LogP contribution in [0, 0.1) is 11.7 Å². The highest BCUT2D eigenvalue weighted by Crippen LogP contribution is 2.27. The molecule has 3 heterocycles. The number of halogens is 1. The number of hydrogen-bond acceptors (Lipinski definition) is 3. The molecule has 2 aliphatic heterocycles. The molecule has 0 spiro atoms. The number of piperidine rings is 2. The first-order chi connectivity index (χ1) is 13.8. The third-order valence-corrected chi connectivity index (χ3v) is 6.49. The lowest BCUT2D eigenvalue weighted by Crippen LogP contribution is -2.48. The third kappa shape index (κ3) is 5.39. The Morgan fingerprint density at radius 1 is 0.964 bits per heavy atom. The summed E-state index contributed by atoms with van der Waals surface area (Å²) in [4.78, 5) is 9.78. The molecule has 0 aliphatic carbocycles. The minimum absolute atomic E-state index is 0.137. The molecule has 3 nitrogen and oxygen atoms in total. The van der Waals surface area contributed by atoms with Gasteiger partial charge < -0.3 is 4.90 Å². The summed E-state index contributed by atoms with van der Waals surface area (Å²) in [5, 5.41) is 0. The van der Waals surface area contributed by atoms with Crippen LogP contribution in [0.2, 0.25) is 0 Å². The summed E-state index contributed by atoms with van der Waals surface area (Å²) in [7, 11) is 0. The second-order valence-corrected chi connectivity index (χ2v) is 8.50. The van der Waals surface area contributed by atoms with E-state index in [1.54, 1.807) is 12.1 Å². The zero-order valence-corrected chi connectivity index (χ0v) is 16.8. The zero-order valence-electron chi connectivity index (χ0n) is 16.8. The van der Waals surface area contributed by atoms with Gasteiger partial charge in [-0.15, -0.1) is 0 Å². The summed E-state index contributed by atoms with van der Waals surface area (Å²) in [6.07, 6.45) is 9.40. The van der Waals surface area contributed by atoms with Crippen LogP contribution >= 0.6 is 0 Å². The maximum atomic E-state index is 13.1. The van der Waals surface area contributed by atoms with Gasteiger partial charge in [0.2, 0.25) is 0 Å². The van der Waals surface area contributed by atoms with Crippen molar-refractivity contribution in [3.8, 4) is 0 Å². The van der Waals surface area contributed by atoms with Crippen molar-refractivity contribution in [2.24, 2.45) is 5.92 Å². The molecular weight excluding hydrogens is 349 g/mol. The van der Waals surface area contributed by atoms with Gasteiger partial charge in [-0.3, -0.25) is 9.88 Å². The minimum Gasteiger partial charge on any atom is -0.300 e. The quantitative estimate of drug-likeness (QED) is 0.733. The summed E-state index contributed by atoms with van der Waals surface area (Å²) >= 11 is 0. The van der Waals surface area contributed by atoms with Crippen molar-refractivity contribution in [3.05, 3.63) is 65.7 Å². The number of hydrogen-bond donors (Lipinski definition) is 0. The van der Waals surface area contributed by atoms with E-state index in [2.05, 4.69) is 26.9 Å². The van der Waals surface area contributed by atoms with Crippen molar-refractivity contribution in [2.75, 3.05) is 26.2 Å². The van der Waals surface area contributed by atoms with Crippen LogP contribution in [0.5, 0.6) is 0 Å². The van der Waals surface area contributed by atoms with Crippen LogP contribution in [0.25, 0.3) is 0 Å². The Labute approximate surface area is 168 Å². The Kier molecular flexibility index (Phi) is 6.71. The van der Waals surface area contributed by atoms with E-state index in [9.17, 15) is 4.39 Å². The summed E-state index contributed by atoms with van der Waals surface area (Å²) in [5.74, 6) is 0.646. The van der Waals surface area contributed by atoms with E-state index in [4.69, 9.17) is 0 Å². The van der Waals surface area contributed by atoms with E-state index in [1.165, 1.54) is 69.5 Å². The fourth-order valence-corrected chi connectivity index (χ4v) is 4.85. The lowest BCUT2D eigenvalue weighted by Gasteiger charge is -2.42. The Hall–Kier alpha value is -1.78. The highest BCUT2D eigenvalue weighted by atomic mass is 19.1. The molecule has 28 heavy (non-hydrogen) atoms. The van der Waals surface area contributed by atoms with Gasteiger partial charge >= 0.3 is 0 Å². The lowest BCUT2D eigenvalue weighted by molar-refractivity contribution is 0.0671. The summed E-state index contributed by atoms with van der Waals surface area (Å²) < 4.78 is 13.1. The fraction of sp³-hybridized carbons (Fsp3) is 0.542. The summed E-state index contributed by atoms with van der Waals surface area (Å²) in [6.45, 7) is 5.84. The molecule has 1 aromatic carbocycles. The maximum Gasteiger partial charge on any atom is 0.123 e. The average Bonchev–Trinajstić information content (AvgIpc) is 2.75. The van der Waals surface area contributed by atoms with Crippen LogP contribution in [0.15, 0.2) is 48.7 Å². The number of likely N-dealkylation sites (tertiary alicyclic amines) is 2. The first kappa shape index (κ1) is 19.5. The molecule has 0 amide bonds. The molecule has 0 saturated carbocycles. The second kappa shape index (κ2) is 9.62. The molecule has 2 fully saturated rings. The predicted octanol–water partition coefficient (Wildman–Crippen LogP) is 4.53. The predicted molar refractivity (Wildman–Crippen MR) is 112 cm³/mol. The number of aromatic nitrogens is 1. The van der Waals surface area contributed by atoms with Crippen LogP contribution in [-0.2, 0) is 13.0 Å². The van der Waals surface area contributed by atoms with Gasteiger partial charge in [0.15, 0.2) is 0 Å². The normalized spacial score (nSPS) is 22.4. The lowest BCUT2D eigenvalue weighted by atomic mass is 9.89.